The molecule has 0 aromatic carbocycles. The van der Waals surface area contributed by atoms with Gasteiger partial charge in [0.2, 0.25) is 0 Å². The Kier molecular flexibility index (Phi) is 5.24. The fourth-order valence-electron chi connectivity index (χ4n) is 3.97. The Morgan fingerprint density at radius 1 is 1.22 bits per heavy atom. The van der Waals surface area contributed by atoms with Gasteiger partial charge in [-0.1, -0.05) is 12.8 Å². The Morgan fingerprint density at radius 2 is 2.04 bits per heavy atom. The van der Waals surface area contributed by atoms with Crippen LogP contribution in [0.25, 0.3) is 11.2 Å². The van der Waals surface area contributed by atoms with Gasteiger partial charge in [0.15, 0.2) is 23.2 Å². The number of nitrogens with one attached hydrogen (secondary N) is 1. The molecule has 1 aliphatic carbocycles. The summed E-state index contributed by atoms with van der Waals surface area (Å²) in [5, 5.41) is 33.0. The molecule has 0 unspecified atom stereocenters. The number of methoxy groups -OCH3 is 1. The molecule has 10 nitrogen and oxygen atoms in total. The van der Waals surface area contributed by atoms with Gasteiger partial charge in [0.05, 0.1) is 25.1 Å². The van der Waals surface area contributed by atoms with Crippen LogP contribution in [-0.2, 0) is 9.47 Å². The molecule has 0 spiro atoms. The van der Waals surface area contributed by atoms with Crippen molar-refractivity contribution in [2.24, 2.45) is 0 Å². The minimum Gasteiger partial charge on any atom is -0.394 e. The molecule has 0 radical (unpaired) electrons. The second kappa shape index (κ2) is 7.64. The standard InChI is InChI=1S/C17H25N5O5/c1-26-10-5-3-2-4-9(10)21-15-12-16(19-7-18-15)22(8-20-12)17-14(25)13(24)11(6-23)27-17/h7-11,13-14,17,23-25H,2-6H2,1H3,(H,18,19,21)/t9-,10-,11-,13-,14-,17-/m1/s1. The number of hydrogen-bond donors (Lipinski definition) is 4. The van der Waals surface area contributed by atoms with E-state index in [2.05, 4.69) is 20.3 Å². The van der Waals surface area contributed by atoms with Crippen LogP contribution in [0.2, 0.25) is 0 Å². The van der Waals surface area contributed by atoms with Crippen molar-refractivity contribution in [1.82, 2.24) is 19.5 Å². The number of aromatic nitrogens is 4. The average molecular weight is 379 g/mol. The van der Waals surface area contributed by atoms with E-state index in [1.807, 2.05) is 0 Å². The lowest BCUT2D eigenvalue weighted by atomic mass is 9.92. The molecule has 2 aliphatic rings. The first-order chi connectivity index (χ1) is 13.1. The van der Waals surface area contributed by atoms with Gasteiger partial charge in [0, 0.05) is 7.11 Å². The monoisotopic (exact) mass is 379 g/mol. The second-order valence-electron chi connectivity index (χ2n) is 7.08. The van der Waals surface area contributed by atoms with E-state index >= 15 is 0 Å². The number of fused-ring (bicyclic) bond motifs is 1. The molecule has 0 amide bonds. The third kappa shape index (κ3) is 3.27. The minimum atomic E-state index is -1.19. The van der Waals surface area contributed by atoms with Crippen LogP contribution in [0, 0.1) is 0 Å². The maximum Gasteiger partial charge on any atom is 0.167 e. The van der Waals surface area contributed by atoms with Gasteiger partial charge < -0.3 is 30.1 Å². The van der Waals surface area contributed by atoms with Gasteiger partial charge in [-0.25, -0.2) is 15.0 Å². The topological polar surface area (TPSA) is 135 Å². The van der Waals surface area contributed by atoms with Gasteiger partial charge in [-0.2, -0.15) is 0 Å². The fourth-order valence-corrected chi connectivity index (χ4v) is 3.97. The number of rotatable bonds is 5. The van der Waals surface area contributed by atoms with Crippen molar-refractivity contribution in [3.8, 4) is 0 Å². The van der Waals surface area contributed by atoms with E-state index in [-0.39, 0.29) is 18.8 Å². The lowest BCUT2D eigenvalue weighted by Crippen LogP contribution is -2.38. The smallest absolute Gasteiger partial charge is 0.167 e. The van der Waals surface area contributed by atoms with Crippen LogP contribution in [0.3, 0.4) is 0 Å². The van der Waals surface area contributed by atoms with E-state index in [1.165, 1.54) is 12.7 Å². The Hall–Kier alpha value is -1.85. The molecule has 3 heterocycles. The van der Waals surface area contributed by atoms with E-state index in [0.717, 1.165) is 25.7 Å². The molecular formula is C17H25N5O5. The molecule has 0 bridgehead atoms. The second-order valence-corrected chi connectivity index (χ2v) is 7.08. The van der Waals surface area contributed by atoms with Gasteiger partial charge in [0.25, 0.3) is 0 Å². The predicted molar refractivity (Wildman–Crippen MR) is 95.0 cm³/mol. The largest absolute Gasteiger partial charge is 0.394 e. The van der Waals surface area contributed by atoms with Crippen molar-refractivity contribution in [2.75, 3.05) is 19.0 Å². The summed E-state index contributed by atoms with van der Waals surface area (Å²) >= 11 is 0. The zero-order valence-electron chi connectivity index (χ0n) is 15.1. The highest BCUT2D eigenvalue weighted by Crippen LogP contribution is 2.32. The lowest BCUT2D eigenvalue weighted by Gasteiger charge is -2.31. The lowest BCUT2D eigenvalue weighted by molar-refractivity contribution is -0.0511. The maximum absolute atomic E-state index is 10.3. The minimum absolute atomic E-state index is 0.117. The van der Waals surface area contributed by atoms with E-state index in [4.69, 9.17) is 9.47 Å². The number of anilines is 1. The highest BCUT2D eigenvalue weighted by molar-refractivity contribution is 5.82. The molecule has 1 saturated heterocycles. The average Bonchev–Trinajstić information content (AvgIpc) is 3.24. The molecule has 2 aromatic rings. The summed E-state index contributed by atoms with van der Waals surface area (Å²) in [5.74, 6) is 0.597. The van der Waals surface area contributed by atoms with Crippen molar-refractivity contribution in [3.05, 3.63) is 12.7 Å². The zero-order valence-corrected chi connectivity index (χ0v) is 15.1. The molecule has 4 N–H and O–H groups in total. The Bertz CT molecular complexity index is 786. The van der Waals surface area contributed by atoms with Crippen molar-refractivity contribution in [2.45, 2.75) is 62.4 Å². The van der Waals surface area contributed by atoms with Crippen molar-refractivity contribution in [1.29, 1.82) is 0 Å². The van der Waals surface area contributed by atoms with Crippen molar-refractivity contribution < 1.29 is 24.8 Å². The molecule has 2 fully saturated rings. The van der Waals surface area contributed by atoms with E-state index < -0.39 is 24.5 Å². The van der Waals surface area contributed by atoms with Crippen LogP contribution in [0.5, 0.6) is 0 Å². The summed E-state index contributed by atoms with van der Waals surface area (Å²) in [4.78, 5) is 13.0. The molecule has 2 aromatic heterocycles. The van der Waals surface area contributed by atoms with Gasteiger partial charge in [-0.15, -0.1) is 0 Å². The molecule has 4 rings (SSSR count). The van der Waals surface area contributed by atoms with Crippen LogP contribution in [0.1, 0.15) is 31.9 Å². The molecule has 1 aliphatic heterocycles. The highest BCUT2D eigenvalue weighted by Gasteiger charge is 2.44. The first-order valence-corrected chi connectivity index (χ1v) is 9.23. The first kappa shape index (κ1) is 18.5. The van der Waals surface area contributed by atoms with E-state index in [0.29, 0.717) is 17.0 Å². The van der Waals surface area contributed by atoms with Crippen LogP contribution in [0.15, 0.2) is 12.7 Å². The summed E-state index contributed by atoms with van der Waals surface area (Å²) in [6.07, 6.45) is 3.19. The maximum atomic E-state index is 10.3. The Labute approximate surface area is 156 Å². The Balaban J connectivity index is 1.62. The summed E-state index contributed by atoms with van der Waals surface area (Å²) < 4.78 is 12.7. The molecule has 1 saturated carbocycles. The van der Waals surface area contributed by atoms with Crippen LogP contribution in [-0.4, -0.2) is 79.0 Å². The van der Waals surface area contributed by atoms with Crippen LogP contribution >= 0.6 is 0 Å². The molecular weight excluding hydrogens is 354 g/mol. The van der Waals surface area contributed by atoms with Gasteiger partial charge in [-0.3, -0.25) is 4.57 Å². The highest BCUT2D eigenvalue weighted by atomic mass is 16.6. The van der Waals surface area contributed by atoms with Crippen molar-refractivity contribution >= 4 is 17.0 Å². The van der Waals surface area contributed by atoms with Crippen LogP contribution < -0.4 is 5.32 Å². The number of aliphatic hydroxyl groups is 3. The number of ether oxygens (including phenoxy) is 2. The number of nitrogens with zero attached hydrogens (tertiary/aromatic N) is 4. The molecule has 148 valence electrons. The number of imidazole rings is 1. The number of hydrogen-bond acceptors (Lipinski definition) is 9. The van der Waals surface area contributed by atoms with Gasteiger partial charge in [0.1, 0.15) is 24.6 Å². The molecule has 10 heteroatoms. The third-order valence-corrected chi connectivity index (χ3v) is 5.48. The van der Waals surface area contributed by atoms with E-state index in [1.54, 1.807) is 11.7 Å². The predicted octanol–water partition coefficient (Wildman–Crippen LogP) is -0.193. The summed E-state index contributed by atoms with van der Waals surface area (Å²) in [5.41, 5.74) is 1.03. The van der Waals surface area contributed by atoms with Gasteiger partial charge in [-0.05, 0) is 12.8 Å². The zero-order chi connectivity index (χ0) is 19.0. The SMILES string of the molecule is CO[C@@H]1CCCC[C@H]1Nc1ncnc2c1ncn2[C@@H]1O[C@H](CO)[C@@H](O)[C@H]1O. The van der Waals surface area contributed by atoms with E-state index in [9.17, 15) is 15.3 Å². The molecule has 6 atom stereocenters. The first-order valence-electron chi connectivity index (χ1n) is 9.23. The quantitative estimate of drug-likeness (QED) is 0.557. The summed E-state index contributed by atoms with van der Waals surface area (Å²) in [7, 11) is 1.72. The van der Waals surface area contributed by atoms with Crippen LogP contribution in [0.4, 0.5) is 5.82 Å². The summed E-state index contributed by atoms with van der Waals surface area (Å²) in [6.45, 7) is -0.386. The van der Waals surface area contributed by atoms with Crippen molar-refractivity contribution in [3.63, 3.8) is 0 Å². The normalized spacial score (nSPS) is 34.2. The number of aliphatic hydroxyl groups excluding tert-OH is 3. The fraction of sp³-hybridized carbons (Fsp3) is 0.706. The van der Waals surface area contributed by atoms with Gasteiger partial charge >= 0.3 is 0 Å². The molecule has 27 heavy (non-hydrogen) atoms. The Morgan fingerprint density at radius 3 is 2.78 bits per heavy atom. The third-order valence-electron chi connectivity index (χ3n) is 5.48. The summed E-state index contributed by atoms with van der Waals surface area (Å²) in [6, 6.07) is 0.140.